The second-order valence-electron chi connectivity index (χ2n) is 4.15. The van der Waals surface area contributed by atoms with E-state index in [9.17, 15) is 10.1 Å². The van der Waals surface area contributed by atoms with Gasteiger partial charge in [-0.05, 0) is 38.0 Å². The first-order chi connectivity index (χ1) is 8.41. The zero-order valence-corrected chi connectivity index (χ0v) is 10.3. The molecule has 0 aliphatic rings. The van der Waals surface area contributed by atoms with E-state index in [2.05, 4.69) is 10.3 Å². The van der Waals surface area contributed by atoms with Gasteiger partial charge in [0.2, 0.25) is 0 Å². The Kier molecular flexibility index (Phi) is 2.74. The lowest BCUT2D eigenvalue weighted by atomic mass is 10.1. The molecule has 7 nitrogen and oxygen atoms in total. The van der Waals surface area contributed by atoms with E-state index < -0.39 is 4.92 Å². The first-order valence-corrected chi connectivity index (χ1v) is 5.35. The van der Waals surface area contributed by atoms with E-state index in [4.69, 9.17) is 5.73 Å². The number of nitro benzene ring substituents is 1. The Morgan fingerprint density at radius 1 is 1.28 bits per heavy atom. The third-order valence-corrected chi connectivity index (χ3v) is 2.95. The van der Waals surface area contributed by atoms with Crippen LogP contribution in [0.5, 0.6) is 0 Å². The third kappa shape index (κ3) is 1.79. The molecular weight excluding hydrogens is 234 g/mol. The molecule has 1 heterocycles. The summed E-state index contributed by atoms with van der Waals surface area (Å²) in [5, 5.41) is 18.6. The average molecular weight is 247 g/mol. The Morgan fingerprint density at radius 3 is 2.39 bits per heavy atom. The molecule has 2 rings (SSSR count). The van der Waals surface area contributed by atoms with Crippen molar-refractivity contribution in [2.24, 2.45) is 0 Å². The van der Waals surface area contributed by atoms with Crippen LogP contribution in [0.15, 0.2) is 12.1 Å². The van der Waals surface area contributed by atoms with Crippen LogP contribution in [-0.2, 0) is 0 Å². The Bertz CT molecular complexity index is 633. The number of aromatic nitrogens is 3. The van der Waals surface area contributed by atoms with Crippen molar-refractivity contribution < 1.29 is 4.92 Å². The Labute approximate surface area is 103 Å². The molecule has 18 heavy (non-hydrogen) atoms. The summed E-state index contributed by atoms with van der Waals surface area (Å²) in [6, 6.07) is 3.25. The van der Waals surface area contributed by atoms with Crippen molar-refractivity contribution in [1.29, 1.82) is 0 Å². The standard InChI is InChI=1S/C11H13N5O2/c1-6-4-9(10(16(17)18)5-7(6)2)15-8(3)11(12)13-14-15/h4-5H,12H2,1-3H3. The minimum atomic E-state index is -0.431. The molecule has 0 unspecified atom stereocenters. The fourth-order valence-corrected chi connectivity index (χ4v) is 1.67. The predicted octanol–water partition coefficient (Wildman–Crippen LogP) is 1.68. The molecule has 0 aliphatic carbocycles. The van der Waals surface area contributed by atoms with Crippen molar-refractivity contribution >= 4 is 11.5 Å². The van der Waals surface area contributed by atoms with E-state index in [1.807, 2.05) is 13.8 Å². The Balaban J connectivity index is 2.74. The van der Waals surface area contributed by atoms with E-state index >= 15 is 0 Å². The number of aryl methyl sites for hydroxylation is 2. The smallest absolute Gasteiger partial charge is 0.295 e. The monoisotopic (exact) mass is 247 g/mol. The number of nitrogens with two attached hydrogens (primary N) is 1. The molecule has 0 saturated carbocycles. The summed E-state index contributed by atoms with van der Waals surface area (Å²) in [4.78, 5) is 10.7. The third-order valence-electron chi connectivity index (χ3n) is 2.95. The molecule has 2 aromatic rings. The molecule has 1 aromatic heterocycles. The molecule has 0 spiro atoms. The van der Waals surface area contributed by atoms with Crippen molar-refractivity contribution in [3.8, 4) is 5.69 Å². The molecule has 94 valence electrons. The first-order valence-electron chi connectivity index (χ1n) is 5.35. The van der Waals surface area contributed by atoms with E-state index in [0.717, 1.165) is 11.1 Å². The lowest BCUT2D eigenvalue weighted by Crippen LogP contribution is -2.05. The number of hydrogen-bond donors (Lipinski definition) is 1. The van der Waals surface area contributed by atoms with Crippen LogP contribution in [0, 0.1) is 30.9 Å². The number of rotatable bonds is 2. The molecule has 2 N–H and O–H groups in total. The topological polar surface area (TPSA) is 99.9 Å². The Hall–Kier alpha value is -2.44. The molecule has 0 aliphatic heterocycles. The van der Waals surface area contributed by atoms with Crippen LogP contribution in [0.25, 0.3) is 5.69 Å². The first kappa shape index (κ1) is 12.0. The molecular formula is C11H13N5O2. The zero-order chi connectivity index (χ0) is 13.4. The van der Waals surface area contributed by atoms with E-state index in [1.54, 1.807) is 13.0 Å². The van der Waals surface area contributed by atoms with Crippen LogP contribution >= 0.6 is 0 Å². The number of anilines is 1. The number of benzene rings is 1. The summed E-state index contributed by atoms with van der Waals surface area (Å²) in [6.07, 6.45) is 0. The van der Waals surface area contributed by atoms with Gasteiger partial charge in [0.25, 0.3) is 5.69 Å². The van der Waals surface area contributed by atoms with Crippen molar-refractivity contribution in [1.82, 2.24) is 15.0 Å². The summed E-state index contributed by atoms with van der Waals surface area (Å²) in [7, 11) is 0. The predicted molar refractivity (Wildman–Crippen MR) is 66.6 cm³/mol. The van der Waals surface area contributed by atoms with E-state index in [-0.39, 0.29) is 11.5 Å². The summed E-state index contributed by atoms with van der Waals surface area (Å²) >= 11 is 0. The van der Waals surface area contributed by atoms with Crippen LogP contribution in [0.4, 0.5) is 11.5 Å². The second-order valence-corrected chi connectivity index (χ2v) is 4.15. The van der Waals surface area contributed by atoms with Crippen molar-refractivity contribution in [3.63, 3.8) is 0 Å². The average Bonchev–Trinajstić information content (AvgIpc) is 2.63. The lowest BCUT2D eigenvalue weighted by molar-refractivity contribution is -0.384. The van der Waals surface area contributed by atoms with Gasteiger partial charge in [-0.1, -0.05) is 5.21 Å². The summed E-state index contributed by atoms with van der Waals surface area (Å²) < 4.78 is 1.39. The maximum Gasteiger partial charge on any atom is 0.295 e. The molecule has 0 bridgehead atoms. The van der Waals surface area contributed by atoms with Crippen LogP contribution < -0.4 is 5.73 Å². The fourth-order valence-electron chi connectivity index (χ4n) is 1.67. The van der Waals surface area contributed by atoms with E-state index in [1.165, 1.54) is 10.7 Å². The van der Waals surface area contributed by atoms with Crippen LogP contribution in [0.3, 0.4) is 0 Å². The summed E-state index contributed by atoms with van der Waals surface area (Å²) in [5.41, 5.74) is 8.37. The van der Waals surface area contributed by atoms with Crippen molar-refractivity contribution in [3.05, 3.63) is 39.1 Å². The van der Waals surface area contributed by atoms with Gasteiger partial charge < -0.3 is 5.73 Å². The second kappa shape index (κ2) is 4.10. The van der Waals surface area contributed by atoms with Gasteiger partial charge in [-0.3, -0.25) is 10.1 Å². The highest BCUT2D eigenvalue weighted by Crippen LogP contribution is 2.27. The highest BCUT2D eigenvalue weighted by Gasteiger charge is 2.20. The molecule has 0 atom stereocenters. The zero-order valence-electron chi connectivity index (χ0n) is 10.3. The van der Waals surface area contributed by atoms with Gasteiger partial charge in [0.05, 0.1) is 10.6 Å². The van der Waals surface area contributed by atoms with Gasteiger partial charge >= 0.3 is 0 Å². The molecule has 0 radical (unpaired) electrons. The van der Waals surface area contributed by atoms with Gasteiger partial charge in [-0.15, -0.1) is 5.10 Å². The maximum atomic E-state index is 11.1. The fraction of sp³-hybridized carbons (Fsp3) is 0.273. The Morgan fingerprint density at radius 2 is 1.89 bits per heavy atom. The number of nitrogens with zero attached hydrogens (tertiary/aromatic N) is 4. The van der Waals surface area contributed by atoms with Crippen LogP contribution in [0.1, 0.15) is 16.8 Å². The number of nitro groups is 1. The SMILES string of the molecule is Cc1cc(-n2nnc(N)c2C)c([N+](=O)[O-])cc1C. The van der Waals surface area contributed by atoms with Crippen LogP contribution in [-0.4, -0.2) is 19.9 Å². The highest BCUT2D eigenvalue weighted by atomic mass is 16.6. The van der Waals surface area contributed by atoms with Crippen molar-refractivity contribution in [2.45, 2.75) is 20.8 Å². The van der Waals surface area contributed by atoms with Gasteiger partial charge in [-0.25, -0.2) is 4.68 Å². The van der Waals surface area contributed by atoms with Gasteiger partial charge in [0, 0.05) is 6.07 Å². The van der Waals surface area contributed by atoms with Gasteiger partial charge in [0.15, 0.2) is 5.82 Å². The number of hydrogen-bond acceptors (Lipinski definition) is 5. The maximum absolute atomic E-state index is 11.1. The summed E-state index contributed by atoms with van der Waals surface area (Å²) in [6.45, 7) is 5.43. The minimum Gasteiger partial charge on any atom is -0.381 e. The molecule has 1 aromatic carbocycles. The summed E-state index contributed by atoms with van der Waals surface area (Å²) in [5.74, 6) is 0.266. The quantitative estimate of drug-likeness (QED) is 0.642. The highest BCUT2D eigenvalue weighted by molar-refractivity contribution is 5.57. The van der Waals surface area contributed by atoms with Gasteiger partial charge in [0.1, 0.15) is 5.69 Å². The lowest BCUT2D eigenvalue weighted by Gasteiger charge is -2.07. The molecule has 7 heteroatoms. The van der Waals surface area contributed by atoms with Crippen molar-refractivity contribution in [2.75, 3.05) is 5.73 Å². The normalized spacial score (nSPS) is 10.6. The molecule has 0 amide bonds. The number of nitrogen functional groups attached to an aromatic ring is 1. The molecule has 0 saturated heterocycles. The largest absolute Gasteiger partial charge is 0.381 e. The van der Waals surface area contributed by atoms with E-state index in [0.29, 0.717) is 11.4 Å². The van der Waals surface area contributed by atoms with Crippen LogP contribution in [0.2, 0.25) is 0 Å². The minimum absolute atomic E-state index is 0.00824. The van der Waals surface area contributed by atoms with Gasteiger partial charge in [-0.2, -0.15) is 0 Å². The molecule has 0 fully saturated rings.